The molecule has 1 aromatic heterocycles. The molecule has 128 valence electrons. The third-order valence-corrected chi connectivity index (χ3v) is 5.66. The largest absolute Gasteiger partial charge is 0.323 e. The third-order valence-electron chi connectivity index (χ3n) is 4.38. The zero-order valence-corrected chi connectivity index (χ0v) is 14.7. The highest BCUT2D eigenvalue weighted by Crippen LogP contribution is 2.31. The van der Waals surface area contributed by atoms with E-state index in [1.54, 1.807) is 0 Å². The summed E-state index contributed by atoms with van der Waals surface area (Å²) in [5, 5.41) is 8.28. The maximum Gasteiger partial charge on any atom is 0.225 e. The molecule has 1 amide bonds. The Bertz CT molecular complexity index is 686. The van der Waals surface area contributed by atoms with Gasteiger partial charge in [0.15, 0.2) is 9.84 Å². The number of amides is 1. The Morgan fingerprint density at radius 1 is 1.35 bits per heavy atom. The van der Waals surface area contributed by atoms with Gasteiger partial charge in [-0.05, 0) is 26.7 Å². The molecule has 0 bridgehead atoms. The van der Waals surface area contributed by atoms with Crippen LogP contribution in [0.15, 0.2) is 12.0 Å². The Balaban J connectivity index is 2.06. The predicted octanol–water partition coefficient (Wildman–Crippen LogP) is 2.89. The highest BCUT2D eigenvalue weighted by atomic mass is 32.2. The van der Waals surface area contributed by atoms with Crippen molar-refractivity contribution in [2.24, 2.45) is 0 Å². The van der Waals surface area contributed by atoms with Gasteiger partial charge in [-0.15, -0.1) is 0 Å². The summed E-state index contributed by atoms with van der Waals surface area (Å²) in [6.07, 6.45) is 5.85. The van der Waals surface area contributed by atoms with Crippen molar-refractivity contribution in [1.82, 2.24) is 9.78 Å². The molecule has 0 aromatic carbocycles. The number of carbonyl (C=O) groups excluding carboxylic acids is 1. The van der Waals surface area contributed by atoms with Crippen molar-refractivity contribution in [1.29, 1.82) is 0 Å². The van der Waals surface area contributed by atoms with Crippen LogP contribution >= 0.6 is 0 Å². The molecule has 0 atom stereocenters. The van der Waals surface area contributed by atoms with E-state index in [1.807, 2.05) is 18.5 Å². The van der Waals surface area contributed by atoms with E-state index in [2.05, 4.69) is 17.0 Å². The van der Waals surface area contributed by atoms with E-state index in [-0.39, 0.29) is 18.1 Å². The number of hydrogen-bond acceptors (Lipinski definition) is 4. The zero-order valence-electron chi connectivity index (χ0n) is 13.8. The number of nitrogens with zero attached hydrogens (tertiary/aromatic N) is 2. The van der Waals surface area contributed by atoms with Gasteiger partial charge in [0, 0.05) is 11.8 Å². The van der Waals surface area contributed by atoms with E-state index in [0.29, 0.717) is 11.7 Å². The minimum absolute atomic E-state index is 0.0815. The summed E-state index contributed by atoms with van der Waals surface area (Å²) >= 11 is 0. The van der Waals surface area contributed by atoms with Gasteiger partial charge in [0.1, 0.15) is 0 Å². The molecule has 0 unspecified atom stereocenters. The van der Waals surface area contributed by atoms with Gasteiger partial charge >= 0.3 is 0 Å². The van der Waals surface area contributed by atoms with E-state index in [0.717, 1.165) is 29.6 Å². The van der Waals surface area contributed by atoms with Crippen molar-refractivity contribution in [2.75, 3.05) is 11.1 Å². The molecular formula is C16H25N3O3S. The lowest BCUT2D eigenvalue weighted by Gasteiger charge is -2.23. The third kappa shape index (κ3) is 4.43. The summed E-state index contributed by atoms with van der Waals surface area (Å²) in [4.78, 5) is 12.0. The summed E-state index contributed by atoms with van der Waals surface area (Å²) in [6, 6.07) is 0.397. The quantitative estimate of drug-likeness (QED) is 0.864. The fourth-order valence-corrected chi connectivity index (χ4v) is 3.68. The number of aromatic nitrogens is 2. The average Bonchev–Trinajstić information content (AvgIpc) is 2.82. The summed E-state index contributed by atoms with van der Waals surface area (Å²) in [5.41, 5.74) is 2.42. The fraction of sp³-hybridized carbons (Fsp3) is 0.625. The van der Waals surface area contributed by atoms with Gasteiger partial charge < -0.3 is 5.32 Å². The first kappa shape index (κ1) is 17.7. The summed E-state index contributed by atoms with van der Waals surface area (Å²) < 4.78 is 24.8. The topological polar surface area (TPSA) is 81.1 Å². The van der Waals surface area contributed by atoms with Crippen molar-refractivity contribution in [3.8, 4) is 0 Å². The van der Waals surface area contributed by atoms with Crippen LogP contribution in [0.4, 0.5) is 5.69 Å². The highest BCUT2D eigenvalue weighted by molar-refractivity contribution is 7.94. The predicted molar refractivity (Wildman–Crippen MR) is 91.1 cm³/mol. The van der Waals surface area contributed by atoms with E-state index >= 15 is 0 Å². The van der Waals surface area contributed by atoms with Crippen LogP contribution in [0.1, 0.15) is 56.0 Å². The monoisotopic (exact) mass is 339 g/mol. The number of sulfone groups is 1. The molecule has 0 saturated heterocycles. The lowest BCUT2D eigenvalue weighted by atomic mass is 9.95. The number of anilines is 1. The van der Waals surface area contributed by atoms with Gasteiger partial charge in [0.25, 0.3) is 0 Å². The zero-order chi connectivity index (χ0) is 17.0. The molecule has 0 radical (unpaired) electrons. The molecule has 23 heavy (non-hydrogen) atoms. The molecule has 6 nitrogen and oxygen atoms in total. The van der Waals surface area contributed by atoms with Gasteiger partial charge in [-0.1, -0.05) is 25.8 Å². The van der Waals surface area contributed by atoms with Gasteiger partial charge in [0.2, 0.25) is 5.91 Å². The second-order valence-electron chi connectivity index (χ2n) is 6.11. The van der Waals surface area contributed by atoms with Crippen molar-refractivity contribution >= 4 is 21.4 Å². The second-order valence-corrected chi connectivity index (χ2v) is 8.18. The average molecular weight is 339 g/mol. The maximum atomic E-state index is 12.0. The van der Waals surface area contributed by atoms with E-state index < -0.39 is 9.84 Å². The van der Waals surface area contributed by atoms with Crippen LogP contribution in [-0.2, 0) is 14.6 Å². The molecule has 1 aliphatic carbocycles. The standard InChI is InChI=1S/C16H25N3O3S/c1-4-23(21,22)11-10-15(20)17-16-12(2)18-19(13(16)3)14-8-6-5-7-9-14/h4,14H,1,5-11H2,2-3H3,(H,17,20). The van der Waals surface area contributed by atoms with Crippen molar-refractivity contribution < 1.29 is 13.2 Å². The molecule has 7 heteroatoms. The first-order valence-electron chi connectivity index (χ1n) is 8.05. The molecule has 0 spiro atoms. The summed E-state index contributed by atoms with van der Waals surface area (Å²) in [5.74, 6) is -0.540. The Hall–Kier alpha value is -1.63. The molecule has 1 saturated carbocycles. The molecule has 2 rings (SSSR count). The Morgan fingerprint density at radius 2 is 2.00 bits per heavy atom. The van der Waals surface area contributed by atoms with Crippen molar-refractivity contribution in [3.63, 3.8) is 0 Å². The van der Waals surface area contributed by atoms with Gasteiger partial charge in [0.05, 0.1) is 28.9 Å². The number of aryl methyl sites for hydroxylation is 1. The molecular weight excluding hydrogens is 314 g/mol. The molecule has 1 aliphatic rings. The number of rotatable bonds is 6. The Morgan fingerprint density at radius 3 is 2.61 bits per heavy atom. The summed E-state index contributed by atoms with van der Waals surface area (Å²) in [7, 11) is -3.36. The Labute approximate surface area is 137 Å². The van der Waals surface area contributed by atoms with Crippen LogP contribution in [0.3, 0.4) is 0 Å². The first-order chi connectivity index (χ1) is 10.8. The van der Waals surface area contributed by atoms with E-state index in [1.165, 1.54) is 19.3 Å². The Kier molecular flexibility index (Phi) is 5.62. The lowest BCUT2D eigenvalue weighted by molar-refractivity contribution is -0.115. The van der Waals surface area contributed by atoms with Crippen LogP contribution in [0.25, 0.3) is 0 Å². The van der Waals surface area contributed by atoms with Crippen LogP contribution in [-0.4, -0.2) is 29.9 Å². The smallest absolute Gasteiger partial charge is 0.225 e. The normalized spacial score (nSPS) is 16.3. The maximum absolute atomic E-state index is 12.0. The minimum atomic E-state index is -3.36. The van der Waals surface area contributed by atoms with Crippen molar-refractivity contribution in [3.05, 3.63) is 23.4 Å². The molecule has 1 N–H and O–H groups in total. The highest BCUT2D eigenvalue weighted by Gasteiger charge is 2.22. The van der Waals surface area contributed by atoms with Crippen molar-refractivity contribution in [2.45, 2.75) is 58.4 Å². The van der Waals surface area contributed by atoms with Gasteiger partial charge in [-0.3, -0.25) is 9.48 Å². The number of hydrogen-bond donors (Lipinski definition) is 1. The van der Waals surface area contributed by atoms with Gasteiger partial charge in [-0.25, -0.2) is 8.42 Å². The lowest BCUT2D eigenvalue weighted by Crippen LogP contribution is -2.18. The molecule has 0 aliphatic heterocycles. The fourth-order valence-electron chi connectivity index (χ4n) is 3.05. The van der Waals surface area contributed by atoms with E-state index in [4.69, 9.17) is 0 Å². The molecule has 1 heterocycles. The van der Waals surface area contributed by atoms with Gasteiger partial charge in [-0.2, -0.15) is 5.10 Å². The number of carbonyl (C=O) groups is 1. The van der Waals surface area contributed by atoms with Crippen LogP contribution < -0.4 is 5.32 Å². The number of nitrogens with one attached hydrogen (secondary N) is 1. The minimum Gasteiger partial charge on any atom is -0.323 e. The summed E-state index contributed by atoms with van der Waals surface area (Å²) in [6.45, 7) is 7.06. The molecule has 1 fully saturated rings. The van der Waals surface area contributed by atoms with E-state index in [9.17, 15) is 13.2 Å². The first-order valence-corrected chi connectivity index (χ1v) is 9.76. The SMILES string of the molecule is C=CS(=O)(=O)CCC(=O)Nc1c(C)nn(C2CCCCC2)c1C. The second kappa shape index (κ2) is 7.29. The molecule has 1 aromatic rings. The van der Waals surface area contributed by atoms with Crippen LogP contribution in [0.2, 0.25) is 0 Å². The van der Waals surface area contributed by atoms with Crippen LogP contribution in [0, 0.1) is 13.8 Å². The van der Waals surface area contributed by atoms with Crippen LogP contribution in [0.5, 0.6) is 0 Å².